The lowest BCUT2D eigenvalue weighted by Crippen LogP contribution is -2.23. The van der Waals surface area contributed by atoms with Crippen molar-refractivity contribution in [1.29, 1.82) is 0 Å². The van der Waals surface area contributed by atoms with Crippen molar-refractivity contribution in [3.63, 3.8) is 0 Å². The average molecular weight is 164 g/mol. The standard InChI is InChI=1S/C8H12N4/c9-12-11-8-3-6-1-2-10-5-7(6)4-8/h8,10H,1-5H2/t8-/m0/s1. The van der Waals surface area contributed by atoms with Gasteiger partial charge in [-0.1, -0.05) is 16.3 Å². The molecule has 0 aromatic rings. The summed E-state index contributed by atoms with van der Waals surface area (Å²) in [4.78, 5) is 2.85. The Morgan fingerprint density at radius 2 is 2.25 bits per heavy atom. The highest BCUT2D eigenvalue weighted by Crippen LogP contribution is 2.31. The molecule has 1 N–H and O–H groups in total. The van der Waals surface area contributed by atoms with E-state index in [1.165, 1.54) is 11.1 Å². The van der Waals surface area contributed by atoms with Gasteiger partial charge >= 0.3 is 0 Å². The van der Waals surface area contributed by atoms with Gasteiger partial charge in [0, 0.05) is 17.5 Å². The molecule has 1 heterocycles. The van der Waals surface area contributed by atoms with Gasteiger partial charge in [0.1, 0.15) is 0 Å². The van der Waals surface area contributed by atoms with E-state index >= 15 is 0 Å². The predicted molar refractivity (Wildman–Crippen MR) is 46.7 cm³/mol. The summed E-state index contributed by atoms with van der Waals surface area (Å²) in [6.07, 6.45) is 3.13. The molecule has 1 aliphatic carbocycles. The molecule has 4 heteroatoms. The summed E-state index contributed by atoms with van der Waals surface area (Å²) in [5, 5.41) is 7.09. The number of hydrogen-bond donors (Lipinski definition) is 1. The Morgan fingerprint density at radius 1 is 1.42 bits per heavy atom. The first-order valence-electron chi connectivity index (χ1n) is 4.35. The summed E-state index contributed by atoms with van der Waals surface area (Å²) < 4.78 is 0. The van der Waals surface area contributed by atoms with Crippen LogP contribution in [0.2, 0.25) is 0 Å². The molecule has 0 radical (unpaired) electrons. The van der Waals surface area contributed by atoms with Crippen LogP contribution in [0.3, 0.4) is 0 Å². The maximum Gasteiger partial charge on any atom is 0.0448 e. The van der Waals surface area contributed by atoms with Gasteiger partial charge in [-0.05, 0) is 31.3 Å². The molecule has 0 amide bonds. The average Bonchev–Trinajstić information content (AvgIpc) is 2.47. The molecule has 0 saturated carbocycles. The highest BCUT2D eigenvalue weighted by molar-refractivity contribution is 5.26. The molecular formula is C8H12N4. The molecule has 0 aromatic heterocycles. The zero-order chi connectivity index (χ0) is 8.39. The lowest BCUT2D eigenvalue weighted by Gasteiger charge is -2.14. The Labute approximate surface area is 71.3 Å². The van der Waals surface area contributed by atoms with Gasteiger partial charge in [-0.25, -0.2) is 0 Å². The van der Waals surface area contributed by atoms with Crippen LogP contribution in [0, 0.1) is 0 Å². The van der Waals surface area contributed by atoms with Crippen molar-refractivity contribution >= 4 is 0 Å². The SMILES string of the molecule is [N-]=[N+]=N[C@H]1CC2=C(CNCC2)C1. The molecule has 0 bridgehead atoms. The van der Waals surface area contributed by atoms with Gasteiger partial charge in [0.15, 0.2) is 0 Å². The van der Waals surface area contributed by atoms with E-state index in [-0.39, 0.29) is 6.04 Å². The molecule has 0 fully saturated rings. The molecular weight excluding hydrogens is 152 g/mol. The maximum absolute atomic E-state index is 8.28. The van der Waals surface area contributed by atoms with Gasteiger partial charge in [0.25, 0.3) is 0 Å². The lowest BCUT2D eigenvalue weighted by atomic mass is 10.1. The van der Waals surface area contributed by atoms with E-state index in [4.69, 9.17) is 5.53 Å². The molecule has 1 aliphatic heterocycles. The number of azide groups is 1. The summed E-state index contributed by atoms with van der Waals surface area (Å²) in [6, 6.07) is 0.208. The minimum atomic E-state index is 0.208. The fourth-order valence-electron chi connectivity index (χ4n) is 2.04. The normalized spacial score (nSPS) is 28.2. The summed E-state index contributed by atoms with van der Waals surface area (Å²) in [5.41, 5.74) is 11.3. The van der Waals surface area contributed by atoms with Crippen LogP contribution < -0.4 is 5.32 Å². The Morgan fingerprint density at radius 3 is 3.00 bits per heavy atom. The van der Waals surface area contributed by atoms with Crippen LogP contribution in [0.1, 0.15) is 19.3 Å². The summed E-state index contributed by atoms with van der Waals surface area (Å²) in [5.74, 6) is 0. The summed E-state index contributed by atoms with van der Waals surface area (Å²) >= 11 is 0. The van der Waals surface area contributed by atoms with Crippen molar-refractivity contribution in [1.82, 2.24) is 5.32 Å². The quantitative estimate of drug-likeness (QED) is 0.273. The van der Waals surface area contributed by atoms with Gasteiger partial charge in [0.2, 0.25) is 0 Å². The van der Waals surface area contributed by atoms with Gasteiger partial charge < -0.3 is 5.32 Å². The monoisotopic (exact) mass is 164 g/mol. The molecule has 4 nitrogen and oxygen atoms in total. The van der Waals surface area contributed by atoms with Crippen LogP contribution >= 0.6 is 0 Å². The molecule has 0 spiro atoms. The van der Waals surface area contributed by atoms with Crippen molar-refractivity contribution in [2.75, 3.05) is 13.1 Å². The van der Waals surface area contributed by atoms with Crippen LogP contribution in [-0.4, -0.2) is 19.1 Å². The van der Waals surface area contributed by atoms with Gasteiger partial charge in [-0.2, -0.15) is 0 Å². The first-order valence-corrected chi connectivity index (χ1v) is 4.35. The largest absolute Gasteiger partial charge is 0.313 e. The van der Waals surface area contributed by atoms with Crippen LogP contribution in [0.4, 0.5) is 0 Å². The minimum Gasteiger partial charge on any atom is -0.313 e. The second-order valence-electron chi connectivity index (χ2n) is 3.40. The van der Waals surface area contributed by atoms with E-state index in [1.807, 2.05) is 0 Å². The van der Waals surface area contributed by atoms with Gasteiger partial charge in [-0.15, -0.1) is 0 Å². The lowest BCUT2D eigenvalue weighted by molar-refractivity contribution is 0.677. The minimum absolute atomic E-state index is 0.208. The van der Waals surface area contributed by atoms with Crippen molar-refractivity contribution < 1.29 is 0 Å². The molecule has 2 aliphatic rings. The first kappa shape index (κ1) is 7.65. The molecule has 64 valence electrons. The van der Waals surface area contributed by atoms with Gasteiger partial charge in [0.05, 0.1) is 0 Å². The van der Waals surface area contributed by atoms with E-state index in [0.717, 1.165) is 32.4 Å². The topological polar surface area (TPSA) is 60.8 Å². The molecule has 0 unspecified atom stereocenters. The number of hydrogen-bond acceptors (Lipinski definition) is 2. The number of nitrogens with zero attached hydrogens (tertiary/aromatic N) is 3. The van der Waals surface area contributed by atoms with E-state index in [1.54, 1.807) is 0 Å². The van der Waals surface area contributed by atoms with E-state index < -0.39 is 0 Å². The van der Waals surface area contributed by atoms with Crippen LogP contribution in [-0.2, 0) is 0 Å². The third-order valence-corrected chi connectivity index (χ3v) is 2.62. The fraction of sp³-hybridized carbons (Fsp3) is 0.750. The van der Waals surface area contributed by atoms with Gasteiger partial charge in [-0.3, -0.25) is 0 Å². The Balaban J connectivity index is 2.06. The Hall–Kier alpha value is -0.990. The first-order chi connectivity index (χ1) is 5.90. The van der Waals surface area contributed by atoms with E-state index in [9.17, 15) is 0 Å². The second kappa shape index (κ2) is 3.17. The Bertz CT molecular complexity index is 244. The number of nitrogens with one attached hydrogen (secondary N) is 1. The predicted octanol–water partition coefficient (Wildman–Crippen LogP) is 1.75. The highest BCUT2D eigenvalue weighted by atomic mass is 15.1. The third kappa shape index (κ3) is 1.31. The maximum atomic E-state index is 8.28. The number of rotatable bonds is 1. The second-order valence-corrected chi connectivity index (χ2v) is 3.40. The van der Waals surface area contributed by atoms with Crippen molar-refractivity contribution in [2.24, 2.45) is 5.11 Å². The Kier molecular flexibility index (Phi) is 2.02. The molecule has 12 heavy (non-hydrogen) atoms. The molecule has 0 aromatic carbocycles. The highest BCUT2D eigenvalue weighted by Gasteiger charge is 2.24. The van der Waals surface area contributed by atoms with Crippen LogP contribution in [0.15, 0.2) is 16.3 Å². The zero-order valence-electron chi connectivity index (χ0n) is 6.95. The van der Waals surface area contributed by atoms with Crippen LogP contribution in [0.5, 0.6) is 0 Å². The van der Waals surface area contributed by atoms with Crippen molar-refractivity contribution in [2.45, 2.75) is 25.3 Å². The van der Waals surface area contributed by atoms with Crippen molar-refractivity contribution in [3.8, 4) is 0 Å². The smallest absolute Gasteiger partial charge is 0.0448 e. The zero-order valence-corrected chi connectivity index (χ0v) is 6.95. The summed E-state index contributed by atoms with van der Waals surface area (Å²) in [7, 11) is 0. The van der Waals surface area contributed by atoms with Crippen LogP contribution in [0.25, 0.3) is 10.4 Å². The third-order valence-electron chi connectivity index (χ3n) is 2.62. The fourth-order valence-corrected chi connectivity index (χ4v) is 2.04. The summed E-state index contributed by atoms with van der Waals surface area (Å²) in [6.45, 7) is 2.09. The van der Waals surface area contributed by atoms with Crippen molar-refractivity contribution in [3.05, 3.63) is 21.6 Å². The molecule has 2 rings (SSSR count). The van der Waals surface area contributed by atoms with E-state index in [2.05, 4.69) is 15.3 Å². The molecule has 0 saturated heterocycles. The van der Waals surface area contributed by atoms with E-state index in [0.29, 0.717) is 0 Å². The molecule has 1 atom stereocenters.